The second-order valence-corrected chi connectivity index (χ2v) is 6.12. The monoisotopic (exact) mass is 348 g/mol. The molecule has 25 heavy (non-hydrogen) atoms. The predicted octanol–water partition coefficient (Wildman–Crippen LogP) is 5.69. The summed E-state index contributed by atoms with van der Waals surface area (Å²) in [6.07, 6.45) is 0. The first-order valence-corrected chi connectivity index (χ1v) is 8.12. The van der Waals surface area contributed by atoms with E-state index in [9.17, 15) is 9.90 Å². The van der Waals surface area contributed by atoms with Crippen LogP contribution < -0.4 is 0 Å². The summed E-state index contributed by atoms with van der Waals surface area (Å²) in [4.78, 5) is 13.0. The molecule has 0 saturated heterocycles. The lowest BCUT2D eigenvalue weighted by molar-refractivity contribution is 0.101. The molecule has 0 unspecified atom stereocenters. The molecule has 0 aliphatic heterocycles. The van der Waals surface area contributed by atoms with E-state index in [1.165, 1.54) is 0 Å². The summed E-state index contributed by atoms with van der Waals surface area (Å²) in [7, 11) is 0. The molecular weight excluding hydrogens is 336 g/mol. The lowest BCUT2D eigenvalue weighted by atomic mass is 9.98. The van der Waals surface area contributed by atoms with E-state index in [0.29, 0.717) is 16.2 Å². The first-order valence-electron chi connectivity index (χ1n) is 7.75. The summed E-state index contributed by atoms with van der Waals surface area (Å²) >= 11 is 5.91. The van der Waals surface area contributed by atoms with E-state index in [-0.39, 0.29) is 17.3 Å². The Morgan fingerprint density at radius 3 is 2.28 bits per heavy atom. The molecular formula is C21H13ClO3. The van der Waals surface area contributed by atoms with Crippen LogP contribution in [0.15, 0.2) is 77.2 Å². The third kappa shape index (κ3) is 2.79. The number of fused-ring (bicyclic) bond motifs is 1. The van der Waals surface area contributed by atoms with Crippen LogP contribution in [0.25, 0.3) is 22.1 Å². The molecule has 0 spiro atoms. The molecule has 1 heterocycles. The van der Waals surface area contributed by atoms with Gasteiger partial charge in [-0.05, 0) is 48.0 Å². The average molecular weight is 349 g/mol. The van der Waals surface area contributed by atoms with Gasteiger partial charge in [0.15, 0.2) is 5.76 Å². The van der Waals surface area contributed by atoms with E-state index >= 15 is 0 Å². The Morgan fingerprint density at radius 2 is 1.56 bits per heavy atom. The highest BCUT2D eigenvalue weighted by Crippen LogP contribution is 2.36. The number of phenols is 1. The van der Waals surface area contributed by atoms with Crippen LogP contribution in [-0.4, -0.2) is 10.9 Å². The van der Waals surface area contributed by atoms with E-state index < -0.39 is 0 Å². The Balaban J connectivity index is 1.94. The van der Waals surface area contributed by atoms with Crippen LogP contribution in [0.2, 0.25) is 5.02 Å². The highest BCUT2D eigenvalue weighted by molar-refractivity contribution is 6.30. The van der Waals surface area contributed by atoms with Gasteiger partial charge in [-0.2, -0.15) is 0 Å². The number of hydrogen-bond donors (Lipinski definition) is 1. The van der Waals surface area contributed by atoms with E-state index in [0.717, 1.165) is 16.5 Å². The maximum Gasteiger partial charge on any atom is 0.228 e. The van der Waals surface area contributed by atoms with Crippen molar-refractivity contribution in [1.82, 2.24) is 0 Å². The number of carbonyl (C=O) groups is 1. The Hall–Kier alpha value is -3.04. The Kier molecular flexibility index (Phi) is 3.79. The van der Waals surface area contributed by atoms with Gasteiger partial charge in [-0.1, -0.05) is 41.9 Å². The van der Waals surface area contributed by atoms with Gasteiger partial charge in [0.25, 0.3) is 0 Å². The topological polar surface area (TPSA) is 50.4 Å². The van der Waals surface area contributed by atoms with Crippen molar-refractivity contribution in [2.45, 2.75) is 0 Å². The summed E-state index contributed by atoms with van der Waals surface area (Å²) in [6, 6.07) is 20.9. The van der Waals surface area contributed by atoms with E-state index in [2.05, 4.69) is 0 Å². The zero-order chi connectivity index (χ0) is 17.4. The molecule has 0 amide bonds. The highest BCUT2D eigenvalue weighted by Gasteiger charge is 2.22. The molecule has 122 valence electrons. The van der Waals surface area contributed by atoms with Crippen molar-refractivity contribution in [3.8, 4) is 16.9 Å². The quantitative estimate of drug-likeness (QED) is 0.484. The third-order valence-electron chi connectivity index (χ3n) is 4.06. The van der Waals surface area contributed by atoms with Gasteiger partial charge in [-0.15, -0.1) is 0 Å². The second kappa shape index (κ2) is 6.11. The molecule has 4 aromatic rings. The fourth-order valence-electron chi connectivity index (χ4n) is 2.85. The van der Waals surface area contributed by atoms with Crippen LogP contribution in [-0.2, 0) is 0 Å². The third-order valence-corrected chi connectivity index (χ3v) is 4.32. The number of ketones is 1. The van der Waals surface area contributed by atoms with Crippen molar-refractivity contribution >= 4 is 28.4 Å². The first kappa shape index (κ1) is 15.5. The summed E-state index contributed by atoms with van der Waals surface area (Å²) in [5.41, 5.74) is 2.67. The summed E-state index contributed by atoms with van der Waals surface area (Å²) in [5.74, 6) is 0.229. The van der Waals surface area contributed by atoms with E-state index in [1.807, 2.05) is 24.3 Å². The normalized spacial score (nSPS) is 10.9. The molecule has 0 fully saturated rings. The molecule has 3 nitrogen and oxygen atoms in total. The lowest BCUT2D eigenvalue weighted by Crippen LogP contribution is -2.01. The second-order valence-electron chi connectivity index (χ2n) is 5.69. The van der Waals surface area contributed by atoms with Gasteiger partial charge >= 0.3 is 0 Å². The fraction of sp³-hybridized carbons (Fsp3) is 0. The van der Waals surface area contributed by atoms with Crippen molar-refractivity contribution in [1.29, 1.82) is 0 Å². The molecule has 0 aliphatic carbocycles. The first-order chi connectivity index (χ1) is 12.1. The maximum atomic E-state index is 13.0. The van der Waals surface area contributed by atoms with Crippen LogP contribution in [0.3, 0.4) is 0 Å². The minimum absolute atomic E-state index is 0.169. The SMILES string of the molecule is O=C(c1ccc(Cl)cc1)c1oc2ccccc2c1-c1ccc(O)cc1. The van der Waals surface area contributed by atoms with Gasteiger partial charge in [0.05, 0.1) is 0 Å². The molecule has 4 heteroatoms. The Labute approximate surface area is 149 Å². The maximum absolute atomic E-state index is 13.0. The number of aromatic hydroxyl groups is 1. The number of carbonyl (C=O) groups excluding carboxylic acids is 1. The number of para-hydroxylation sites is 1. The molecule has 0 bridgehead atoms. The van der Waals surface area contributed by atoms with Crippen LogP contribution in [0.1, 0.15) is 16.1 Å². The van der Waals surface area contributed by atoms with Gasteiger partial charge in [-0.3, -0.25) is 4.79 Å². The van der Waals surface area contributed by atoms with Gasteiger partial charge in [0, 0.05) is 21.5 Å². The van der Waals surface area contributed by atoms with Gasteiger partial charge < -0.3 is 9.52 Å². The highest BCUT2D eigenvalue weighted by atomic mass is 35.5. The number of phenolic OH excluding ortho intramolecular Hbond substituents is 1. The minimum Gasteiger partial charge on any atom is -0.508 e. The van der Waals surface area contributed by atoms with Crippen LogP contribution >= 0.6 is 11.6 Å². The van der Waals surface area contributed by atoms with Gasteiger partial charge in [0.2, 0.25) is 5.78 Å². The van der Waals surface area contributed by atoms with Crippen molar-refractivity contribution in [3.63, 3.8) is 0 Å². The molecule has 0 aliphatic rings. The molecule has 1 aromatic heterocycles. The van der Waals surface area contributed by atoms with Crippen molar-refractivity contribution < 1.29 is 14.3 Å². The smallest absolute Gasteiger partial charge is 0.228 e. The molecule has 0 atom stereocenters. The number of halogens is 1. The average Bonchev–Trinajstić information content (AvgIpc) is 3.02. The Morgan fingerprint density at radius 1 is 0.880 bits per heavy atom. The molecule has 0 radical (unpaired) electrons. The van der Waals surface area contributed by atoms with Crippen molar-refractivity contribution in [2.24, 2.45) is 0 Å². The van der Waals surface area contributed by atoms with E-state index in [1.54, 1.807) is 48.5 Å². The van der Waals surface area contributed by atoms with E-state index in [4.69, 9.17) is 16.0 Å². The Bertz CT molecular complexity index is 1060. The van der Waals surface area contributed by atoms with Crippen molar-refractivity contribution in [2.75, 3.05) is 0 Å². The van der Waals surface area contributed by atoms with Crippen LogP contribution in [0.5, 0.6) is 5.75 Å². The fourth-order valence-corrected chi connectivity index (χ4v) is 2.98. The zero-order valence-electron chi connectivity index (χ0n) is 13.1. The van der Waals surface area contributed by atoms with Gasteiger partial charge in [0.1, 0.15) is 11.3 Å². The zero-order valence-corrected chi connectivity index (χ0v) is 13.8. The number of hydrogen-bond acceptors (Lipinski definition) is 3. The molecule has 1 N–H and O–H groups in total. The minimum atomic E-state index is -0.212. The van der Waals surface area contributed by atoms with Crippen LogP contribution in [0.4, 0.5) is 0 Å². The molecule has 3 aromatic carbocycles. The summed E-state index contributed by atoms with van der Waals surface area (Å²) in [6.45, 7) is 0. The van der Waals surface area contributed by atoms with Crippen molar-refractivity contribution in [3.05, 3.63) is 89.1 Å². The number of furan rings is 1. The summed E-state index contributed by atoms with van der Waals surface area (Å²) < 4.78 is 5.89. The predicted molar refractivity (Wildman–Crippen MR) is 98.2 cm³/mol. The number of rotatable bonds is 3. The number of benzene rings is 3. The molecule has 4 rings (SSSR count). The van der Waals surface area contributed by atoms with Gasteiger partial charge in [-0.25, -0.2) is 0 Å². The summed E-state index contributed by atoms with van der Waals surface area (Å²) in [5, 5.41) is 11.0. The van der Waals surface area contributed by atoms with Crippen LogP contribution in [0, 0.1) is 0 Å². The lowest BCUT2D eigenvalue weighted by Gasteiger charge is -2.04. The standard InChI is InChI=1S/C21H13ClO3/c22-15-9-5-14(6-10-15)20(24)21-19(13-7-11-16(23)12-8-13)17-3-1-2-4-18(17)25-21/h1-12,23H. The largest absolute Gasteiger partial charge is 0.508 e. The molecule has 0 saturated carbocycles.